The Labute approximate surface area is 133 Å². The fraction of sp³-hybridized carbons (Fsp3) is 0.438. The summed E-state index contributed by atoms with van der Waals surface area (Å²) in [7, 11) is 0. The minimum absolute atomic E-state index is 0.111. The van der Waals surface area contributed by atoms with E-state index >= 15 is 0 Å². The summed E-state index contributed by atoms with van der Waals surface area (Å²) in [5, 5.41) is 4.20. The Balaban J connectivity index is 2.49. The second-order valence-electron chi connectivity index (χ2n) is 5.44. The van der Waals surface area contributed by atoms with Crippen LogP contribution < -0.4 is 5.32 Å². The van der Waals surface area contributed by atoms with Crippen LogP contribution in [0.1, 0.15) is 33.5 Å². The van der Waals surface area contributed by atoms with Crippen LogP contribution in [0.4, 0.5) is 0 Å². The van der Waals surface area contributed by atoms with Crippen molar-refractivity contribution < 1.29 is 13.9 Å². The summed E-state index contributed by atoms with van der Waals surface area (Å²) in [6.45, 7) is 7.88. The monoisotopic (exact) mass is 353 g/mol. The van der Waals surface area contributed by atoms with Gasteiger partial charge in [-0.3, -0.25) is 5.32 Å². The van der Waals surface area contributed by atoms with Gasteiger partial charge in [-0.2, -0.15) is 0 Å². The van der Waals surface area contributed by atoms with E-state index < -0.39 is 5.54 Å². The van der Waals surface area contributed by atoms with Crippen LogP contribution in [0.25, 0.3) is 11.0 Å². The Morgan fingerprint density at radius 3 is 2.76 bits per heavy atom. The van der Waals surface area contributed by atoms with Crippen LogP contribution in [-0.4, -0.2) is 18.6 Å². The summed E-state index contributed by atoms with van der Waals surface area (Å²) in [5.74, 6) is 0.222. The first kappa shape index (κ1) is 16.0. The van der Waals surface area contributed by atoms with Crippen molar-refractivity contribution in [2.75, 3.05) is 6.61 Å². The van der Waals surface area contributed by atoms with Crippen LogP contribution in [0, 0.1) is 0 Å². The van der Waals surface area contributed by atoms with Crippen molar-refractivity contribution in [3.8, 4) is 0 Å². The molecule has 5 heteroatoms. The van der Waals surface area contributed by atoms with Crippen molar-refractivity contribution in [1.29, 1.82) is 0 Å². The number of hydrogen-bond donors (Lipinski definition) is 1. The van der Waals surface area contributed by atoms with Crippen LogP contribution in [0.3, 0.4) is 0 Å². The number of fused-ring (bicyclic) bond motifs is 1. The van der Waals surface area contributed by atoms with E-state index in [0.717, 1.165) is 15.4 Å². The number of nitrogens with one attached hydrogen (secondary N) is 1. The molecule has 21 heavy (non-hydrogen) atoms. The lowest BCUT2D eigenvalue weighted by atomic mass is 9.97. The molecule has 4 nitrogen and oxygen atoms in total. The van der Waals surface area contributed by atoms with Gasteiger partial charge in [0.05, 0.1) is 6.61 Å². The average Bonchev–Trinajstić information content (AvgIpc) is 2.81. The summed E-state index contributed by atoms with van der Waals surface area (Å²) < 4.78 is 12.1. The number of esters is 1. The lowest BCUT2D eigenvalue weighted by Crippen LogP contribution is -2.50. The zero-order valence-corrected chi connectivity index (χ0v) is 14.3. The van der Waals surface area contributed by atoms with E-state index in [-0.39, 0.29) is 12.0 Å². The lowest BCUT2D eigenvalue weighted by Gasteiger charge is -2.28. The van der Waals surface area contributed by atoms with Crippen LogP contribution >= 0.6 is 15.9 Å². The number of ether oxygens (including phenoxy) is 1. The number of furan rings is 1. The number of rotatable bonds is 5. The van der Waals surface area contributed by atoms with Crippen molar-refractivity contribution in [3.05, 3.63) is 34.5 Å². The Hall–Kier alpha value is -1.33. The predicted octanol–water partition coefficient (Wildman–Crippen LogP) is 3.97. The van der Waals surface area contributed by atoms with Gasteiger partial charge in [-0.25, -0.2) is 4.79 Å². The van der Waals surface area contributed by atoms with Gasteiger partial charge in [0.2, 0.25) is 0 Å². The van der Waals surface area contributed by atoms with Crippen molar-refractivity contribution in [3.63, 3.8) is 0 Å². The number of halogens is 1. The number of hydrogen-bond acceptors (Lipinski definition) is 4. The van der Waals surface area contributed by atoms with Gasteiger partial charge in [0.15, 0.2) is 5.54 Å². The molecular weight excluding hydrogens is 334 g/mol. The highest BCUT2D eigenvalue weighted by atomic mass is 79.9. The van der Waals surface area contributed by atoms with E-state index in [9.17, 15) is 4.79 Å². The summed E-state index contributed by atoms with van der Waals surface area (Å²) >= 11 is 3.44. The minimum Gasteiger partial charge on any atom is -0.464 e. The lowest BCUT2D eigenvalue weighted by molar-refractivity contribution is -0.152. The van der Waals surface area contributed by atoms with Gasteiger partial charge in [0.25, 0.3) is 0 Å². The molecule has 1 heterocycles. The molecule has 2 aromatic rings. The highest BCUT2D eigenvalue weighted by molar-refractivity contribution is 9.10. The molecule has 0 amide bonds. The molecular formula is C16H20BrNO3. The third-order valence-corrected chi connectivity index (χ3v) is 3.73. The molecule has 0 radical (unpaired) electrons. The van der Waals surface area contributed by atoms with E-state index in [0.29, 0.717) is 12.4 Å². The van der Waals surface area contributed by atoms with Gasteiger partial charge < -0.3 is 9.15 Å². The molecule has 0 spiro atoms. The average molecular weight is 354 g/mol. The smallest absolute Gasteiger partial charge is 0.334 e. The number of carbonyl (C=O) groups is 1. The topological polar surface area (TPSA) is 51.5 Å². The molecule has 1 aromatic carbocycles. The maximum atomic E-state index is 12.4. The third kappa shape index (κ3) is 3.30. The first-order chi connectivity index (χ1) is 9.86. The minimum atomic E-state index is -1.00. The Morgan fingerprint density at radius 1 is 1.43 bits per heavy atom. The van der Waals surface area contributed by atoms with Crippen molar-refractivity contribution in [1.82, 2.24) is 5.32 Å². The molecule has 0 aliphatic rings. The summed E-state index contributed by atoms with van der Waals surface area (Å²) in [4.78, 5) is 12.4. The highest BCUT2D eigenvalue weighted by Crippen LogP contribution is 2.31. The molecule has 0 fully saturated rings. The zero-order chi connectivity index (χ0) is 15.6. The van der Waals surface area contributed by atoms with E-state index in [4.69, 9.17) is 9.15 Å². The second kappa shape index (κ2) is 6.20. The van der Waals surface area contributed by atoms with Gasteiger partial charge in [0.1, 0.15) is 11.3 Å². The zero-order valence-electron chi connectivity index (χ0n) is 12.7. The van der Waals surface area contributed by atoms with Crippen LogP contribution in [0.5, 0.6) is 0 Å². The van der Waals surface area contributed by atoms with E-state index in [1.54, 1.807) is 13.8 Å². The SMILES string of the molecule is CCOC(=O)C(C)(NC(C)C)c1cc2cc(Br)ccc2o1. The summed E-state index contributed by atoms with van der Waals surface area (Å²) in [6.07, 6.45) is 0. The van der Waals surface area contributed by atoms with Gasteiger partial charge in [-0.1, -0.05) is 15.9 Å². The molecule has 0 aliphatic carbocycles. The first-order valence-electron chi connectivity index (χ1n) is 7.01. The molecule has 114 valence electrons. The molecule has 1 unspecified atom stereocenters. The molecule has 1 N–H and O–H groups in total. The second-order valence-corrected chi connectivity index (χ2v) is 6.35. The van der Waals surface area contributed by atoms with Gasteiger partial charge in [0, 0.05) is 15.9 Å². The Bertz CT molecular complexity index is 650. The largest absolute Gasteiger partial charge is 0.464 e. The van der Waals surface area contributed by atoms with E-state index in [2.05, 4.69) is 21.2 Å². The van der Waals surface area contributed by atoms with E-state index in [1.165, 1.54) is 0 Å². The summed E-state index contributed by atoms with van der Waals surface area (Å²) in [6, 6.07) is 7.74. The van der Waals surface area contributed by atoms with E-state index in [1.807, 2.05) is 38.1 Å². The summed E-state index contributed by atoms with van der Waals surface area (Å²) in [5.41, 5.74) is -0.260. The van der Waals surface area contributed by atoms with Gasteiger partial charge in [-0.05, 0) is 52.0 Å². The molecule has 0 saturated heterocycles. The maximum absolute atomic E-state index is 12.4. The Morgan fingerprint density at radius 2 is 2.14 bits per heavy atom. The normalized spacial score (nSPS) is 14.4. The molecule has 2 rings (SSSR count). The first-order valence-corrected chi connectivity index (χ1v) is 7.80. The van der Waals surface area contributed by atoms with Crippen LogP contribution in [-0.2, 0) is 15.1 Å². The number of benzene rings is 1. The van der Waals surface area contributed by atoms with Gasteiger partial charge in [-0.15, -0.1) is 0 Å². The predicted molar refractivity (Wildman–Crippen MR) is 86.2 cm³/mol. The molecule has 0 bridgehead atoms. The molecule has 0 aliphatic heterocycles. The fourth-order valence-corrected chi connectivity index (χ4v) is 2.72. The maximum Gasteiger partial charge on any atom is 0.334 e. The highest BCUT2D eigenvalue weighted by Gasteiger charge is 2.40. The molecule has 1 aromatic heterocycles. The Kier molecular flexibility index (Phi) is 4.74. The van der Waals surface area contributed by atoms with Crippen molar-refractivity contribution in [2.24, 2.45) is 0 Å². The van der Waals surface area contributed by atoms with Crippen LogP contribution in [0.15, 0.2) is 33.2 Å². The molecule has 0 saturated carbocycles. The number of carbonyl (C=O) groups excluding carboxylic acids is 1. The molecule has 1 atom stereocenters. The van der Waals surface area contributed by atoms with Gasteiger partial charge >= 0.3 is 5.97 Å². The third-order valence-electron chi connectivity index (χ3n) is 3.23. The quantitative estimate of drug-likeness (QED) is 0.826. The van der Waals surface area contributed by atoms with Crippen molar-refractivity contribution >= 4 is 32.9 Å². The standard InChI is InChI=1S/C16H20BrNO3/c1-5-20-15(19)16(4,18-10(2)3)14-9-11-8-12(17)6-7-13(11)21-14/h6-10,18H,5H2,1-4H3. The van der Waals surface area contributed by atoms with Crippen molar-refractivity contribution in [2.45, 2.75) is 39.3 Å². The van der Waals surface area contributed by atoms with Crippen LogP contribution in [0.2, 0.25) is 0 Å². The fourth-order valence-electron chi connectivity index (χ4n) is 2.34.